The average molecular weight is 462 g/mol. The van der Waals surface area contributed by atoms with E-state index in [4.69, 9.17) is 9.47 Å². The van der Waals surface area contributed by atoms with Crippen LogP contribution in [0.25, 0.3) is 10.8 Å². The van der Waals surface area contributed by atoms with E-state index in [1.54, 1.807) is 11.8 Å². The molecule has 0 N–H and O–H groups in total. The molecule has 6 heteroatoms. The number of fused-ring (bicyclic) bond motifs is 1. The molecule has 2 unspecified atom stereocenters. The van der Waals surface area contributed by atoms with Crippen molar-refractivity contribution in [3.63, 3.8) is 0 Å². The highest BCUT2D eigenvalue weighted by Gasteiger charge is 2.49. The molecular weight excluding hydrogens is 427 g/mol. The maximum atomic E-state index is 13.2. The molecule has 1 saturated carbocycles. The number of thioether (sulfide) groups is 1. The smallest absolute Gasteiger partial charge is 0.353 e. The molecule has 168 valence electrons. The molecule has 31 heavy (non-hydrogen) atoms. The average Bonchev–Trinajstić information content (AvgIpc) is 2.78. The zero-order valence-electron chi connectivity index (χ0n) is 18.7. The van der Waals surface area contributed by atoms with Crippen molar-refractivity contribution < 1.29 is 18.8 Å². The van der Waals surface area contributed by atoms with Crippen molar-refractivity contribution in [2.24, 2.45) is 5.92 Å². The van der Waals surface area contributed by atoms with Gasteiger partial charge in [-0.2, -0.15) is 0 Å². The summed E-state index contributed by atoms with van der Waals surface area (Å²) in [7, 11) is -1.64. The van der Waals surface area contributed by atoms with E-state index in [9.17, 15) is 9.36 Å². The molecule has 0 spiro atoms. The normalized spacial score (nSPS) is 17.3. The second-order valence-corrected chi connectivity index (χ2v) is 11.3. The fourth-order valence-electron chi connectivity index (χ4n) is 4.57. The molecule has 0 heterocycles. The summed E-state index contributed by atoms with van der Waals surface area (Å²) < 4.78 is 24.7. The van der Waals surface area contributed by atoms with Crippen LogP contribution in [0.1, 0.15) is 52.4 Å². The largest absolute Gasteiger partial charge is 0.464 e. The van der Waals surface area contributed by atoms with Crippen LogP contribution in [0, 0.1) is 5.92 Å². The topological polar surface area (TPSA) is 52.6 Å². The van der Waals surface area contributed by atoms with Crippen LogP contribution in [0.3, 0.4) is 0 Å². The minimum atomic E-state index is -1.64. The molecule has 0 aromatic heterocycles. The Labute approximate surface area is 191 Å². The van der Waals surface area contributed by atoms with E-state index < -0.39 is 13.4 Å². The van der Waals surface area contributed by atoms with Gasteiger partial charge in [-0.25, -0.2) is 4.79 Å². The highest BCUT2D eigenvalue weighted by molar-refractivity contribution is 8.04. The summed E-state index contributed by atoms with van der Waals surface area (Å²) in [4.78, 5) is 14.1. The van der Waals surface area contributed by atoms with Crippen LogP contribution < -0.4 is 0 Å². The van der Waals surface area contributed by atoms with E-state index in [-0.39, 0.29) is 12.1 Å². The van der Waals surface area contributed by atoms with Crippen LogP contribution in [-0.2, 0) is 18.8 Å². The van der Waals surface area contributed by atoms with Gasteiger partial charge in [-0.15, -0.1) is 0 Å². The molecule has 1 fully saturated rings. The zero-order chi connectivity index (χ0) is 22.1. The Bertz CT molecular complexity index is 875. The lowest BCUT2D eigenvalue weighted by Crippen LogP contribution is -2.47. The van der Waals surface area contributed by atoms with Gasteiger partial charge < -0.3 is 9.47 Å². The second kappa shape index (κ2) is 12.0. The first-order valence-corrected chi connectivity index (χ1v) is 14.0. The predicted octanol–water partition coefficient (Wildman–Crippen LogP) is 7.03. The van der Waals surface area contributed by atoms with E-state index in [0.717, 1.165) is 17.7 Å². The van der Waals surface area contributed by atoms with Gasteiger partial charge in [0.05, 0.1) is 6.61 Å². The summed E-state index contributed by atoms with van der Waals surface area (Å²) in [6.07, 6.45) is 6.69. The van der Waals surface area contributed by atoms with Gasteiger partial charge in [0, 0.05) is 11.5 Å². The number of carbonyl (C=O) groups is 1. The molecule has 0 aliphatic heterocycles. The number of esters is 1. The van der Waals surface area contributed by atoms with E-state index in [1.165, 1.54) is 30.0 Å². The number of ether oxygens (including phenoxy) is 2. The van der Waals surface area contributed by atoms with Crippen LogP contribution in [0.15, 0.2) is 47.4 Å². The van der Waals surface area contributed by atoms with Crippen molar-refractivity contribution in [3.8, 4) is 0 Å². The van der Waals surface area contributed by atoms with Gasteiger partial charge in [0.25, 0.3) is 0 Å². The molecule has 0 amide bonds. The fraction of sp³-hybridized carbons (Fsp3) is 0.560. The Morgan fingerprint density at radius 1 is 1.06 bits per heavy atom. The van der Waals surface area contributed by atoms with Crippen LogP contribution in [0.5, 0.6) is 0 Å². The second-order valence-electron chi connectivity index (χ2n) is 8.25. The quantitative estimate of drug-likeness (QED) is 0.204. The standard InChI is InChI=1S/C25H34O4PS/c1-3-28-24(26)25(29-4-2,17-20-11-6-5-7-12-20)18-30(27)19-31-23-16-10-14-21-13-8-9-15-22(21)23/h8-10,13-16,20H,3-7,11-12,17-19H2,1-2H3/q+1. The first kappa shape index (κ1) is 24.2. The summed E-state index contributed by atoms with van der Waals surface area (Å²) in [5.74, 6) is 0.0831. The van der Waals surface area contributed by atoms with Gasteiger partial charge in [0.2, 0.25) is 5.60 Å². The van der Waals surface area contributed by atoms with E-state index in [1.807, 2.05) is 32.0 Å². The Morgan fingerprint density at radius 3 is 2.55 bits per heavy atom. The highest BCUT2D eigenvalue weighted by atomic mass is 32.2. The molecule has 1 aliphatic rings. The van der Waals surface area contributed by atoms with E-state index in [2.05, 4.69) is 24.3 Å². The lowest BCUT2D eigenvalue weighted by Gasteiger charge is -2.33. The first-order chi connectivity index (χ1) is 15.1. The number of rotatable bonds is 11. The Balaban J connectivity index is 1.73. The van der Waals surface area contributed by atoms with Crippen molar-refractivity contribution in [2.75, 3.05) is 24.9 Å². The van der Waals surface area contributed by atoms with Gasteiger partial charge in [0.15, 0.2) is 11.7 Å². The summed E-state index contributed by atoms with van der Waals surface area (Å²) in [6.45, 7) is 4.42. The van der Waals surface area contributed by atoms with Crippen molar-refractivity contribution in [2.45, 2.75) is 62.9 Å². The van der Waals surface area contributed by atoms with Crippen LogP contribution >= 0.6 is 19.6 Å². The SMILES string of the molecule is CCOC(=O)C(CC1CCCCC1)(C[P+](=O)CSc1cccc2ccccc12)OCC. The lowest BCUT2D eigenvalue weighted by molar-refractivity contribution is -0.171. The molecule has 1 aliphatic carbocycles. The zero-order valence-corrected chi connectivity index (χ0v) is 20.4. The minimum absolute atomic E-state index is 0.225. The van der Waals surface area contributed by atoms with Crippen molar-refractivity contribution >= 4 is 36.3 Å². The van der Waals surface area contributed by atoms with Gasteiger partial charge in [-0.3, -0.25) is 0 Å². The monoisotopic (exact) mass is 461 g/mol. The third kappa shape index (κ3) is 6.54. The van der Waals surface area contributed by atoms with Crippen LogP contribution in [0.4, 0.5) is 0 Å². The van der Waals surface area contributed by atoms with Crippen molar-refractivity contribution in [1.82, 2.24) is 0 Å². The molecule has 2 aromatic carbocycles. The maximum absolute atomic E-state index is 13.2. The number of hydrogen-bond acceptors (Lipinski definition) is 5. The summed E-state index contributed by atoms with van der Waals surface area (Å²) >= 11 is 1.60. The summed E-state index contributed by atoms with van der Waals surface area (Å²) in [5.41, 5.74) is -0.637. The molecule has 2 atom stereocenters. The minimum Gasteiger partial charge on any atom is -0.464 e. The van der Waals surface area contributed by atoms with Crippen molar-refractivity contribution in [3.05, 3.63) is 42.5 Å². The van der Waals surface area contributed by atoms with Crippen molar-refractivity contribution in [1.29, 1.82) is 0 Å². The molecule has 0 radical (unpaired) electrons. The lowest BCUT2D eigenvalue weighted by atomic mass is 9.81. The third-order valence-corrected chi connectivity index (χ3v) is 9.16. The van der Waals surface area contributed by atoms with Gasteiger partial charge in [-0.1, -0.05) is 84.8 Å². The van der Waals surface area contributed by atoms with E-state index >= 15 is 0 Å². The fourth-order valence-corrected chi connectivity index (χ4v) is 7.50. The number of carbonyl (C=O) groups excluding carboxylic acids is 1. The number of hydrogen-bond donors (Lipinski definition) is 0. The summed E-state index contributed by atoms with van der Waals surface area (Å²) in [5, 5.41) is 2.34. The van der Waals surface area contributed by atoms with E-state index in [0.29, 0.717) is 31.0 Å². The Kier molecular flexibility index (Phi) is 9.37. The molecule has 4 nitrogen and oxygen atoms in total. The molecule has 3 rings (SSSR count). The molecular formula is C25H34O4PS+. The van der Waals surface area contributed by atoms with Gasteiger partial charge in [0.1, 0.15) is 0 Å². The summed E-state index contributed by atoms with van der Waals surface area (Å²) in [6, 6.07) is 14.4. The maximum Gasteiger partial charge on any atom is 0.353 e. The van der Waals surface area contributed by atoms with Crippen LogP contribution in [-0.4, -0.2) is 36.4 Å². The first-order valence-electron chi connectivity index (χ1n) is 11.4. The van der Waals surface area contributed by atoms with Crippen LogP contribution in [0.2, 0.25) is 0 Å². The Morgan fingerprint density at radius 2 is 1.81 bits per heavy atom. The molecule has 0 saturated heterocycles. The number of benzene rings is 2. The predicted molar refractivity (Wildman–Crippen MR) is 129 cm³/mol. The molecule has 2 aromatic rings. The van der Waals surface area contributed by atoms with Gasteiger partial charge >= 0.3 is 13.8 Å². The third-order valence-electron chi connectivity index (χ3n) is 5.96. The van der Waals surface area contributed by atoms with Gasteiger partial charge in [-0.05, 0) is 43.0 Å². The highest BCUT2D eigenvalue weighted by Crippen LogP contribution is 2.42. The molecule has 0 bridgehead atoms. The Hall–Kier alpha value is -1.42.